The molecule has 0 aliphatic heterocycles. The van der Waals surface area contributed by atoms with Gasteiger partial charge in [0.25, 0.3) is 0 Å². The number of nitrogens with zero attached hydrogens (tertiary/aromatic N) is 3. The third-order valence-corrected chi connectivity index (χ3v) is 13.8. The second-order valence-corrected chi connectivity index (χ2v) is 17.7. The number of hydrogen-bond donors (Lipinski definition) is 0. The van der Waals surface area contributed by atoms with E-state index in [4.69, 9.17) is 4.74 Å². The normalized spacial score (nSPS) is 12.7. The highest BCUT2D eigenvalue weighted by molar-refractivity contribution is 7.14. The van der Waals surface area contributed by atoms with Crippen molar-refractivity contribution in [1.82, 2.24) is 4.57 Å². The van der Waals surface area contributed by atoms with Gasteiger partial charge in [0.15, 0.2) is 0 Å². The van der Waals surface area contributed by atoms with E-state index in [1.807, 2.05) is 12.1 Å². The van der Waals surface area contributed by atoms with Crippen LogP contribution in [0.15, 0.2) is 193 Å². The Morgan fingerprint density at radius 3 is 1.82 bits per heavy atom. The fourth-order valence-corrected chi connectivity index (χ4v) is 10.7. The number of thiophene rings is 2. The van der Waals surface area contributed by atoms with Crippen LogP contribution >= 0.6 is 22.7 Å². The number of ether oxygens (including phenoxy) is 1. The minimum atomic E-state index is -0.130. The Kier molecular flexibility index (Phi) is 8.73. The molecule has 0 unspecified atom stereocenters. The predicted molar refractivity (Wildman–Crippen MR) is 255 cm³/mol. The topological polar surface area (TPSA) is 20.6 Å². The van der Waals surface area contributed by atoms with Gasteiger partial charge >= 0.3 is 0 Å². The zero-order chi connectivity index (χ0) is 40.4. The highest BCUT2D eigenvalue weighted by Gasteiger charge is 2.36. The molecule has 0 radical (unpaired) electrons. The van der Waals surface area contributed by atoms with Crippen LogP contribution < -0.4 is 14.5 Å². The second-order valence-electron chi connectivity index (χ2n) is 15.8. The molecule has 0 fully saturated rings. The summed E-state index contributed by atoms with van der Waals surface area (Å²) in [7, 11) is 1.72. The smallest absolute Gasteiger partial charge is 0.119 e. The number of aromatic nitrogens is 1. The van der Waals surface area contributed by atoms with Crippen LogP contribution in [0.3, 0.4) is 0 Å². The first-order valence-corrected chi connectivity index (χ1v) is 22.0. The van der Waals surface area contributed by atoms with E-state index in [0.29, 0.717) is 0 Å². The van der Waals surface area contributed by atoms with Crippen molar-refractivity contribution in [3.8, 4) is 33.7 Å². The molecule has 11 rings (SSSR count). The number of anilines is 6. The van der Waals surface area contributed by atoms with Crippen molar-refractivity contribution in [2.75, 3.05) is 16.9 Å². The zero-order valence-corrected chi connectivity index (χ0v) is 35.2. The van der Waals surface area contributed by atoms with Crippen molar-refractivity contribution in [3.63, 3.8) is 0 Å². The standard InChI is InChI=1S/C54H41N3OS2/c1-54(2)48-17-9-7-15-44(48)45-27-24-40(35-49(45)54)56(53-20-12-30-60-53)42-32-37(31-41(34-42)55(52-19-11-29-59-52)39-22-25-43(58-3)26-23-39)36-21-28-51-47(33-36)46-16-8-10-18-50(46)57(51)38-13-5-4-6-14-38/h4-35H,1-3H3. The lowest BCUT2D eigenvalue weighted by Gasteiger charge is -2.30. The first-order chi connectivity index (χ1) is 29.5. The molecule has 290 valence electrons. The molecular weight excluding hydrogens is 771 g/mol. The van der Waals surface area contributed by atoms with E-state index in [-0.39, 0.29) is 5.41 Å². The molecule has 0 saturated heterocycles. The molecule has 0 atom stereocenters. The molecule has 60 heavy (non-hydrogen) atoms. The van der Waals surface area contributed by atoms with Crippen LogP contribution in [-0.2, 0) is 5.41 Å². The maximum atomic E-state index is 5.60. The molecule has 0 N–H and O–H groups in total. The summed E-state index contributed by atoms with van der Waals surface area (Å²) in [6.45, 7) is 4.71. The van der Waals surface area contributed by atoms with Gasteiger partial charge in [-0.1, -0.05) is 86.6 Å². The van der Waals surface area contributed by atoms with Crippen molar-refractivity contribution in [2.45, 2.75) is 19.3 Å². The van der Waals surface area contributed by atoms with Gasteiger partial charge in [0.1, 0.15) is 5.75 Å². The molecule has 10 aromatic rings. The van der Waals surface area contributed by atoms with E-state index in [1.54, 1.807) is 29.8 Å². The lowest BCUT2D eigenvalue weighted by molar-refractivity contribution is 0.415. The Morgan fingerprint density at radius 2 is 1.10 bits per heavy atom. The van der Waals surface area contributed by atoms with E-state index >= 15 is 0 Å². The Balaban J connectivity index is 1.15. The van der Waals surface area contributed by atoms with Gasteiger partial charge in [-0.2, -0.15) is 0 Å². The highest BCUT2D eigenvalue weighted by Crippen LogP contribution is 2.52. The molecule has 4 nitrogen and oxygen atoms in total. The number of hydrogen-bond acceptors (Lipinski definition) is 5. The predicted octanol–water partition coefficient (Wildman–Crippen LogP) is 15.8. The summed E-state index contributed by atoms with van der Waals surface area (Å²) in [5, 5.41) is 9.06. The van der Waals surface area contributed by atoms with Crippen LogP contribution in [0.1, 0.15) is 25.0 Å². The van der Waals surface area contributed by atoms with Gasteiger partial charge in [0.05, 0.1) is 28.1 Å². The fourth-order valence-electron chi connectivity index (χ4n) is 9.19. The number of fused-ring (bicyclic) bond motifs is 6. The quantitative estimate of drug-likeness (QED) is 0.145. The number of methoxy groups -OCH3 is 1. The van der Waals surface area contributed by atoms with Crippen LogP contribution in [0.5, 0.6) is 5.75 Å². The van der Waals surface area contributed by atoms with E-state index in [1.165, 1.54) is 44.1 Å². The summed E-state index contributed by atoms with van der Waals surface area (Å²) >= 11 is 3.49. The second kappa shape index (κ2) is 14.5. The molecule has 0 saturated carbocycles. The monoisotopic (exact) mass is 811 g/mol. The Labute approximate surface area is 358 Å². The van der Waals surface area contributed by atoms with E-state index in [9.17, 15) is 0 Å². The largest absolute Gasteiger partial charge is 0.497 e. The third-order valence-electron chi connectivity index (χ3n) is 12.0. The first kappa shape index (κ1) is 36.2. The highest BCUT2D eigenvalue weighted by atomic mass is 32.1. The lowest BCUT2D eigenvalue weighted by Crippen LogP contribution is -2.16. The summed E-state index contributed by atoms with van der Waals surface area (Å²) in [4.78, 5) is 4.81. The Hall–Kier alpha value is -6.86. The molecule has 3 heterocycles. The van der Waals surface area contributed by atoms with Crippen LogP contribution in [0.25, 0.3) is 49.7 Å². The first-order valence-electron chi connectivity index (χ1n) is 20.3. The van der Waals surface area contributed by atoms with Gasteiger partial charge in [-0.3, -0.25) is 0 Å². The average molecular weight is 812 g/mol. The van der Waals surface area contributed by atoms with Gasteiger partial charge in [0, 0.05) is 44.6 Å². The third kappa shape index (κ3) is 5.94. The van der Waals surface area contributed by atoms with Gasteiger partial charge in [-0.05, 0) is 153 Å². The van der Waals surface area contributed by atoms with Crippen molar-refractivity contribution < 1.29 is 4.74 Å². The van der Waals surface area contributed by atoms with E-state index < -0.39 is 0 Å². The Bertz CT molecular complexity index is 3160. The molecular formula is C54H41N3OS2. The lowest BCUT2D eigenvalue weighted by atomic mass is 9.82. The summed E-state index contributed by atoms with van der Waals surface area (Å²) in [5.74, 6) is 0.827. The van der Waals surface area contributed by atoms with E-state index in [2.05, 4.69) is 209 Å². The van der Waals surface area contributed by atoms with Crippen molar-refractivity contribution >= 4 is 77.2 Å². The number of rotatable bonds is 9. The molecule has 0 bridgehead atoms. The SMILES string of the molecule is COc1ccc(N(c2cc(-c3ccc4c(c3)c3ccccc3n4-c3ccccc3)cc(N(c3ccc4c(c3)C(C)(C)c3ccccc3-4)c3cccs3)c2)c2cccs2)cc1. The van der Waals surface area contributed by atoms with Gasteiger partial charge in [-0.25, -0.2) is 0 Å². The number of para-hydroxylation sites is 2. The van der Waals surface area contributed by atoms with Gasteiger partial charge < -0.3 is 19.1 Å². The Morgan fingerprint density at radius 1 is 0.467 bits per heavy atom. The van der Waals surface area contributed by atoms with Gasteiger partial charge in [-0.15, -0.1) is 22.7 Å². The molecule has 3 aromatic heterocycles. The molecule has 1 aliphatic rings. The van der Waals surface area contributed by atoms with Crippen LogP contribution in [0, 0.1) is 0 Å². The van der Waals surface area contributed by atoms with Crippen LogP contribution in [0.2, 0.25) is 0 Å². The van der Waals surface area contributed by atoms with Crippen molar-refractivity contribution in [3.05, 3.63) is 204 Å². The van der Waals surface area contributed by atoms with Crippen molar-refractivity contribution in [2.24, 2.45) is 0 Å². The minimum Gasteiger partial charge on any atom is -0.497 e. The molecule has 1 aliphatic carbocycles. The van der Waals surface area contributed by atoms with Crippen molar-refractivity contribution in [1.29, 1.82) is 0 Å². The van der Waals surface area contributed by atoms with Crippen LogP contribution in [0.4, 0.5) is 32.8 Å². The molecule has 0 spiro atoms. The summed E-state index contributed by atoms with van der Waals surface area (Å²) < 4.78 is 7.98. The maximum absolute atomic E-state index is 5.60. The fraction of sp³-hybridized carbons (Fsp3) is 0.0741. The van der Waals surface area contributed by atoms with Crippen LogP contribution in [-0.4, -0.2) is 11.7 Å². The molecule has 6 heteroatoms. The minimum absolute atomic E-state index is 0.130. The average Bonchev–Trinajstić information content (AvgIpc) is 4.12. The summed E-state index contributed by atoms with van der Waals surface area (Å²) in [6.07, 6.45) is 0. The van der Waals surface area contributed by atoms with E-state index in [0.717, 1.165) is 55.3 Å². The molecule has 0 amide bonds. The van der Waals surface area contributed by atoms with Gasteiger partial charge in [0.2, 0.25) is 0 Å². The summed E-state index contributed by atoms with van der Waals surface area (Å²) in [5.41, 5.74) is 15.4. The molecule has 7 aromatic carbocycles. The summed E-state index contributed by atoms with van der Waals surface area (Å²) in [6, 6.07) is 66.4. The number of benzene rings is 7. The zero-order valence-electron chi connectivity index (χ0n) is 33.5. The maximum Gasteiger partial charge on any atom is 0.119 e.